The molecule has 3 heterocycles. The lowest BCUT2D eigenvalue weighted by atomic mass is 10.2. The van der Waals surface area contributed by atoms with Gasteiger partial charge in [-0.3, -0.25) is 9.55 Å². The molecule has 0 radical (unpaired) electrons. The van der Waals surface area contributed by atoms with Crippen LogP contribution in [0.25, 0.3) is 22.4 Å². The first-order chi connectivity index (χ1) is 11.7. The monoisotopic (exact) mass is 385 g/mol. The lowest BCUT2D eigenvalue weighted by molar-refractivity contribution is 0.387. The van der Waals surface area contributed by atoms with Gasteiger partial charge >= 0.3 is 0 Å². The summed E-state index contributed by atoms with van der Waals surface area (Å²) in [4.78, 5) is 12.9. The van der Waals surface area contributed by atoms with Crippen LogP contribution in [0.2, 0.25) is 0 Å². The summed E-state index contributed by atoms with van der Waals surface area (Å²) in [5.74, 6) is 0.575. The highest BCUT2D eigenvalue weighted by Crippen LogP contribution is 2.27. The Morgan fingerprint density at radius 3 is 2.83 bits per heavy atom. The van der Waals surface area contributed by atoms with Crippen molar-refractivity contribution >= 4 is 27.0 Å². The minimum Gasteiger partial charge on any atom is -0.333 e. The van der Waals surface area contributed by atoms with E-state index in [2.05, 4.69) is 30.9 Å². The number of hydrogen-bond acceptors (Lipinski definition) is 3. The van der Waals surface area contributed by atoms with Gasteiger partial charge in [-0.05, 0) is 29.8 Å². The average molecular weight is 386 g/mol. The Morgan fingerprint density at radius 2 is 2.04 bits per heavy atom. The van der Waals surface area contributed by atoms with Gasteiger partial charge in [0.2, 0.25) is 0 Å². The van der Waals surface area contributed by atoms with E-state index in [0.29, 0.717) is 12.4 Å². The molecule has 0 aliphatic heterocycles. The van der Waals surface area contributed by atoms with E-state index in [0.717, 1.165) is 26.6 Å². The Balaban J connectivity index is 1.79. The smallest absolute Gasteiger partial charge is 0.167 e. The molecule has 0 N–H and O–H groups in total. The zero-order valence-electron chi connectivity index (χ0n) is 12.6. The van der Waals surface area contributed by atoms with Crippen molar-refractivity contribution in [1.29, 1.82) is 0 Å². The summed E-state index contributed by atoms with van der Waals surface area (Å²) in [6.45, 7) is 0.0102. The maximum atomic E-state index is 13.6. The lowest BCUT2D eigenvalue weighted by Gasteiger charge is -2.07. The number of fused-ring (bicyclic) bond motifs is 1. The predicted molar refractivity (Wildman–Crippen MR) is 93.1 cm³/mol. The van der Waals surface area contributed by atoms with Gasteiger partial charge in [0, 0.05) is 34.8 Å². The van der Waals surface area contributed by atoms with Crippen LogP contribution < -0.4 is 0 Å². The molecule has 5 nitrogen and oxygen atoms in total. The summed E-state index contributed by atoms with van der Waals surface area (Å²) in [5, 5.41) is 0. The van der Waals surface area contributed by atoms with Crippen molar-refractivity contribution in [1.82, 2.24) is 24.1 Å². The molecule has 24 heavy (non-hydrogen) atoms. The maximum Gasteiger partial charge on any atom is 0.167 e. The second kappa shape index (κ2) is 6.16. The van der Waals surface area contributed by atoms with Gasteiger partial charge < -0.3 is 4.57 Å². The third kappa shape index (κ3) is 2.71. The molecule has 7 heteroatoms. The highest BCUT2D eigenvalue weighted by molar-refractivity contribution is 9.10. The van der Waals surface area contributed by atoms with Gasteiger partial charge in [0.15, 0.2) is 6.80 Å². The van der Waals surface area contributed by atoms with E-state index in [9.17, 15) is 4.39 Å². The molecule has 0 aliphatic carbocycles. The van der Waals surface area contributed by atoms with Crippen LogP contribution in [0.3, 0.4) is 0 Å². The molecule has 1 aromatic carbocycles. The summed E-state index contributed by atoms with van der Waals surface area (Å²) in [6.07, 6.45) is 8.88. The van der Waals surface area contributed by atoms with Crippen LogP contribution in [0, 0.1) is 0 Å². The predicted octanol–water partition coefficient (Wildman–Crippen LogP) is 4.03. The number of hydrogen-bond donors (Lipinski definition) is 0. The van der Waals surface area contributed by atoms with Crippen molar-refractivity contribution in [3.8, 4) is 11.4 Å². The Bertz CT molecular complexity index is 994. The normalized spacial score (nSPS) is 11.2. The molecule has 0 bridgehead atoms. The second-order valence-corrected chi connectivity index (χ2v) is 6.35. The summed E-state index contributed by atoms with van der Waals surface area (Å²) in [5.41, 5.74) is 3.30. The number of pyridine rings is 1. The van der Waals surface area contributed by atoms with Gasteiger partial charge in [0.05, 0.1) is 23.9 Å². The van der Waals surface area contributed by atoms with Crippen LogP contribution in [0.15, 0.2) is 59.9 Å². The van der Waals surface area contributed by atoms with E-state index in [4.69, 9.17) is 0 Å². The van der Waals surface area contributed by atoms with E-state index in [-0.39, 0.29) is 0 Å². The molecule has 0 amide bonds. The second-order valence-electron chi connectivity index (χ2n) is 5.43. The molecule has 4 rings (SSSR count). The Morgan fingerprint density at radius 1 is 1.12 bits per heavy atom. The average Bonchev–Trinajstić information content (AvgIpc) is 3.22. The fourth-order valence-corrected chi connectivity index (χ4v) is 3.07. The number of rotatable bonds is 4. The molecule has 0 spiro atoms. The van der Waals surface area contributed by atoms with Gasteiger partial charge in [0.25, 0.3) is 0 Å². The van der Waals surface area contributed by atoms with E-state index in [1.807, 2.05) is 35.0 Å². The highest BCUT2D eigenvalue weighted by atomic mass is 79.9. The molecule has 0 unspecified atom stereocenters. The SMILES string of the molecule is FCn1c(-c2cncc(Cn3ccnc3)c2)nc2ccc(Br)cc21. The molecule has 0 saturated carbocycles. The third-order valence-corrected chi connectivity index (χ3v) is 4.30. The number of benzene rings is 1. The van der Waals surface area contributed by atoms with Crippen molar-refractivity contribution in [2.24, 2.45) is 0 Å². The number of halogens is 2. The zero-order valence-corrected chi connectivity index (χ0v) is 14.2. The first-order valence-electron chi connectivity index (χ1n) is 7.36. The highest BCUT2D eigenvalue weighted by Gasteiger charge is 2.13. The molecule has 4 aromatic rings. The molecule has 0 fully saturated rings. The molecule has 0 atom stereocenters. The lowest BCUT2D eigenvalue weighted by Crippen LogP contribution is -2.00. The van der Waals surface area contributed by atoms with Crippen LogP contribution in [0.5, 0.6) is 0 Å². The first kappa shape index (κ1) is 15.0. The minimum atomic E-state index is -0.645. The Kier molecular flexibility index (Phi) is 3.86. The summed E-state index contributed by atoms with van der Waals surface area (Å²) < 4.78 is 18.0. The van der Waals surface area contributed by atoms with Crippen molar-refractivity contribution in [2.75, 3.05) is 0 Å². The van der Waals surface area contributed by atoms with Crippen LogP contribution in [-0.2, 0) is 13.3 Å². The number of alkyl halides is 1. The van der Waals surface area contributed by atoms with E-state index in [1.54, 1.807) is 29.5 Å². The van der Waals surface area contributed by atoms with E-state index < -0.39 is 6.80 Å². The van der Waals surface area contributed by atoms with Crippen molar-refractivity contribution < 1.29 is 4.39 Å². The van der Waals surface area contributed by atoms with Crippen LogP contribution in [0.4, 0.5) is 4.39 Å². The van der Waals surface area contributed by atoms with Crippen LogP contribution >= 0.6 is 15.9 Å². The topological polar surface area (TPSA) is 48.5 Å². The molecule has 0 aliphatic rings. The molecule has 120 valence electrons. The largest absolute Gasteiger partial charge is 0.333 e. The fourth-order valence-electron chi connectivity index (χ4n) is 2.72. The Hall–Kier alpha value is -2.54. The van der Waals surface area contributed by atoms with Crippen LogP contribution in [-0.4, -0.2) is 24.1 Å². The quantitative estimate of drug-likeness (QED) is 0.532. The molecular formula is C17H13BrFN5. The molecule has 0 saturated heterocycles. The van der Waals surface area contributed by atoms with Gasteiger partial charge in [-0.15, -0.1) is 0 Å². The van der Waals surface area contributed by atoms with E-state index >= 15 is 0 Å². The minimum absolute atomic E-state index is 0.575. The van der Waals surface area contributed by atoms with Crippen molar-refractivity contribution in [3.63, 3.8) is 0 Å². The molecule has 3 aromatic heterocycles. The van der Waals surface area contributed by atoms with E-state index in [1.165, 1.54) is 0 Å². The zero-order chi connectivity index (χ0) is 16.5. The number of aromatic nitrogens is 5. The third-order valence-electron chi connectivity index (χ3n) is 3.81. The maximum absolute atomic E-state index is 13.6. The Labute approximate surface area is 145 Å². The summed E-state index contributed by atoms with van der Waals surface area (Å²) in [7, 11) is 0. The van der Waals surface area contributed by atoms with Gasteiger partial charge in [0.1, 0.15) is 5.82 Å². The summed E-state index contributed by atoms with van der Waals surface area (Å²) in [6, 6.07) is 7.62. The molecular weight excluding hydrogens is 373 g/mol. The van der Waals surface area contributed by atoms with Gasteiger partial charge in [-0.25, -0.2) is 14.4 Å². The van der Waals surface area contributed by atoms with Gasteiger partial charge in [-0.1, -0.05) is 15.9 Å². The van der Waals surface area contributed by atoms with Crippen molar-refractivity contribution in [3.05, 3.63) is 65.4 Å². The fraction of sp³-hybridized carbons (Fsp3) is 0.118. The first-order valence-corrected chi connectivity index (χ1v) is 8.15. The number of imidazole rings is 2. The number of nitrogens with zero attached hydrogens (tertiary/aromatic N) is 5. The standard InChI is InChI=1S/C17H13BrFN5/c18-14-1-2-15-16(6-14)24(10-19)17(22-15)13-5-12(7-21-8-13)9-23-4-3-20-11-23/h1-8,11H,9-10H2. The van der Waals surface area contributed by atoms with Crippen LogP contribution in [0.1, 0.15) is 5.56 Å². The van der Waals surface area contributed by atoms with Gasteiger partial charge in [-0.2, -0.15) is 0 Å². The summed E-state index contributed by atoms with van der Waals surface area (Å²) >= 11 is 3.42. The van der Waals surface area contributed by atoms with Crippen molar-refractivity contribution in [2.45, 2.75) is 13.3 Å².